The first-order valence-electron chi connectivity index (χ1n) is 6.53. The van der Waals surface area contributed by atoms with Gasteiger partial charge in [-0.2, -0.15) is 13.2 Å². The highest BCUT2D eigenvalue weighted by Gasteiger charge is 2.33. The molecule has 0 spiro atoms. The molecule has 20 heavy (non-hydrogen) atoms. The number of halogens is 3. The molecule has 1 aliphatic heterocycles. The van der Waals surface area contributed by atoms with Gasteiger partial charge in [-0.25, -0.2) is 0 Å². The molecule has 1 aromatic rings. The number of aliphatic hydroxyl groups excluding tert-OH is 1. The van der Waals surface area contributed by atoms with Crippen molar-refractivity contribution in [1.29, 1.82) is 0 Å². The van der Waals surface area contributed by atoms with E-state index in [-0.39, 0.29) is 6.04 Å². The van der Waals surface area contributed by atoms with Crippen LogP contribution in [-0.4, -0.2) is 54.7 Å². The third-order valence-corrected chi connectivity index (χ3v) is 3.82. The molecule has 2 atom stereocenters. The molecular formula is C14H19F3N2O. The van der Waals surface area contributed by atoms with E-state index in [4.69, 9.17) is 0 Å². The van der Waals surface area contributed by atoms with Gasteiger partial charge >= 0.3 is 6.18 Å². The number of piperazine rings is 1. The molecule has 1 saturated heterocycles. The van der Waals surface area contributed by atoms with Crippen LogP contribution in [-0.2, 0) is 6.18 Å². The zero-order valence-corrected chi connectivity index (χ0v) is 11.6. The Morgan fingerprint density at radius 1 is 1.25 bits per heavy atom. The molecule has 0 aromatic heterocycles. The molecule has 2 unspecified atom stereocenters. The molecule has 0 aliphatic carbocycles. The lowest BCUT2D eigenvalue weighted by Crippen LogP contribution is -2.52. The van der Waals surface area contributed by atoms with Gasteiger partial charge in [0, 0.05) is 19.6 Å². The van der Waals surface area contributed by atoms with E-state index in [2.05, 4.69) is 4.90 Å². The predicted octanol–water partition coefficient (Wildman–Crippen LogP) is 1.98. The molecule has 0 bridgehead atoms. The van der Waals surface area contributed by atoms with Crippen molar-refractivity contribution in [3.8, 4) is 0 Å². The number of nitrogens with zero attached hydrogens (tertiary/aromatic N) is 2. The molecule has 1 aromatic carbocycles. The zero-order valence-electron chi connectivity index (χ0n) is 11.6. The maximum absolute atomic E-state index is 12.7. The minimum Gasteiger partial charge on any atom is -0.387 e. The van der Waals surface area contributed by atoms with E-state index in [1.807, 2.05) is 19.0 Å². The second-order valence-corrected chi connectivity index (χ2v) is 5.38. The van der Waals surface area contributed by atoms with E-state index in [0.717, 1.165) is 25.2 Å². The Kier molecular flexibility index (Phi) is 4.36. The Hall–Kier alpha value is -1.11. The summed E-state index contributed by atoms with van der Waals surface area (Å²) in [6.45, 7) is 2.31. The van der Waals surface area contributed by atoms with Gasteiger partial charge in [-0.1, -0.05) is 12.1 Å². The Morgan fingerprint density at radius 3 is 2.60 bits per heavy atom. The summed E-state index contributed by atoms with van der Waals surface area (Å²) < 4.78 is 38.1. The lowest BCUT2D eigenvalue weighted by atomic mass is 9.97. The lowest BCUT2D eigenvalue weighted by Gasteiger charge is -2.40. The van der Waals surface area contributed by atoms with Crippen LogP contribution in [0.5, 0.6) is 0 Å². The van der Waals surface area contributed by atoms with Gasteiger partial charge in [0.25, 0.3) is 0 Å². The molecule has 0 saturated carbocycles. The van der Waals surface area contributed by atoms with Gasteiger partial charge in [0.1, 0.15) is 0 Å². The Bertz CT molecular complexity index is 464. The number of aliphatic hydroxyl groups is 1. The third kappa shape index (κ3) is 3.31. The molecule has 0 amide bonds. The van der Waals surface area contributed by atoms with Crippen LogP contribution < -0.4 is 0 Å². The Balaban J connectivity index is 2.22. The molecular weight excluding hydrogens is 269 g/mol. The minimum absolute atomic E-state index is 0.197. The Morgan fingerprint density at radius 2 is 1.95 bits per heavy atom. The fourth-order valence-electron chi connectivity index (χ4n) is 2.51. The van der Waals surface area contributed by atoms with Crippen molar-refractivity contribution in [3.63, 3.8) is 0 Å². The van der Waals surface area contributed by atoms with Gasteiger partial charge in [0.2, 0.25) is 0 Å². The minimum atomic E-state index is -4.38. The molecule has 3 nitrogen and oxygen atoms in total. The molecule has 2 rings (SSSR count). The largest absolute Gasteiger partial charge is 0.416 e. The number of hydrogen-bond acceptors (Lipinski definition) is 3. The van der Waals surface area contributed by atoms with E-state index in [0.29, 0.717) is 12.1 Å². The number of rotatable bonds is 2. The standard InChI is InChI=1S/C14H19F3N2O/c1-18-6-7-19(2)12(9-18)13(20)10-4-3-5-11(8-10)14(15,16)17/h3-5,8,12-13,20H,6-7,9H2,1-2H3. The van der Waals surface area contributed by atoms with Crippen LogP contribution in [0.15, 0.2) is 24.3 Å². The van der Waals surface area contributed by atoms with Gasteiger partial charge in [-0.05, 0) is 31.8 Å². The average Bonchev–Trinajstić information content (AvgIpc) is 2.40. The van der Waals surface area contributed by atoms with Crippen LogP contribution in [0.2, 0.25) is 0 Å². The topological polar surface area (TPSA) is 26.7 Å². The summed E-state index contributed by atoms with van der Waals surface area (Å²) in [5.41, 5.74) is -0.409. The number of benzene rings is 1. The van der Waals surface area contributed by atoms with Crippen LogP contribution >= 0.6 is 0 Å². The SMILES string of the molecule is CN1CCN(C)C(C(O)c2cccc(C(F)(F)F)c2)C1. The van der Waals surface area contributed by atoms with Gasteiger partial charge in [-0.3, -0.25) is 4.90 Å². The summed E-state index contributed by atoms with van der Waals surface area (Å²) in [5, 5.41) is 10.4. The highest BCUT2D eigenvalue weighted by Crippen LogP contribution is 2.32. The highest BCUT2D eigenvalue weighted by atomic mass is 19.4. The van der Waals surface area contributed by atoms with Crippen LogP contribution in [0.4, 0.5) is 13.2 Å². The molecule has 1 aliphatic rings. The Labute approximate surface area is 116 Å². The first-order chi connectivity index (χ1) is 9.29. The zero-order chi connectivity index (χ0) is 14.9. The smallest absolute Gasteiger partial charge is 0.387 e. The van der Waals surface area contributed by atoms with Crippen molar-refractivity contribution in [2.24, 2.45) is 0 Å². The molecule has 0 radical (unpaired) electrons. The second-order valence-electron chi connectivity index (χ2n) is 5.38. The number of alkyl halides is 3. The highest BCUT2D eigenvalue weighted by molar-refractivity contribution is 5.28. The van der Waals surface area contributed by atoms with Crippen molar-refractivity contribution in [3.05, 3.63) is 35.4 Å². The maximum Gasteiger partial charge on any atom is 0.416 e. The van der Waals surface area contributed by atoms with Gasteiger partial charge in [-0.15, -0.1) is 0 Å². The van der Waals surface area contributed by atoms with Crippen molar-refractivity contribution >= 4 is 0 Å². The van der Waals surface area contributed by atoms with Crippen molar-refractivity contribution in [1.82, 2.24) is 9.80 Å². The molecule has 112 valence electrons. The average molecular weight is 288 g/mol. The van der Waals surface area contributed by atoms with E-state index >= 15 is 0 Å². The van der Waals surface area contributed by atoms with Gasteiger partial charge in [0.05, 0.1) is 17.7 Å². The fraction of sp³-hybridized carbons (Fsp3) is 0.571. The quantitative estimate of drug-likeness (QED) is 0.901. The fourth-order valence-corrected chi connectivity index (χ4v) is 2.51. The van der Waals surface area contributed by atoms with Crippen molar-refractivity contribution in [2.45, 2.75) is 18.3 Å². The monoisotopic (exact) mass is 288 g/mol. The third-order valence-electron chi connectivity index (χ3n) is 3.82. The lowest BCUT2D eigenvalue weighted by molar-refractivity contribution is -0.137. The molecule has 1 N–H and O–H groups in total. The van der Waals surface area contributed by atoms with Crippen LogP contribution in [0, 0.1) is 0 Å². The number of hydrogen-bond donors (Lipinski definition) is 1. The summed E-state index contributed by atoms with van der Waals surface area (Å²) in [5.74, 6) is 0. The normalized spacial score (nSPS) is 23.8. The second kappa shape index (κ2) is 5.71. The van der Waals surface area contributed by atoms with E-state index in [9.17, 15) is 18.3 Å². The predicted molar refractivity (Wildman–Crippen MR) is 70.3 cm³/mol. The first-order valence-corrected chi connectivity index (χ1v) is 6.53. The van der Waals surface area contributed by atoms with Crippen LogP contribution in [0.25, 0.3) is 0 Å². The molecule has 1 heterocycles. The van der Waals surface area contributed by atoms with Crippen molar-refractivity contribution in [2.75, 3.05) is 33.7 Å². The van der Waals surface area contributed by atoms with Gasteiger partial charge in [0.15, 0.2) is 0 Å². The first kappa shape index (κ1) is 15.3. The summed E-state index contributed by atoms with van der Waals surface area (Å²) in [6.07, 6.45) is -5.31. The summed E-state index contributed by atoms with van der Waals surface area (Å²) >= 11 is 0. The molecule has 6 heteroatoms. The molecule has 1 fully saturated rings. The summed E-state index contributed by atoms with van der Waals surface area (Å²) in [6, 6.07) is 4.74. The van der Waals surface area contributed by atoms with Crippen LogP contribution in [0.3, 0.4) is 0 Å². The van der Waals surface area contributed by atoms with E-state index in [1.54, 1.807) is 6.07 Å². The van der Waals surface area contributed by atoms with E-state index < -0.39 is 17.8 Å². The number of likely N-dealkylation sites (N-methyl/N-ethyl adjacent to an activating group) is 2. The van der Waals surface area contributed by atoms with Crippen LogP contribution in [0.1, 0.15) is 17.2 Å². The van der Waals surface area contributed by atoms with E-state index in [1.165, 1.54) is 6.07 Å². The van der Waals surface area contributed by atoms with Gasteiger partial charge < -0.3 is 10.0 Å². The maximum atomic E-state index is 12.7. The summed E-state index contributed by atoms with van der Waals surface area (Å²) in [4.78, 5) is 4.06. The van der Waals surface area contributed by atoms with Crippen molar-refractivity contribution < 1.29 is 18.3 Å². The summed E-state index contributed by atoms with van der Waals surface area (Å²) in [7, 11) is 3.83.